The summed E-state index contributed by atoms with van der Waals surface area (Å²) < 4.78 is 40.3. The zero-order valence-corrected chi connectivity index (χ0v) is 14.6. The summed E-state index contributed by atoms with van der Waals surface area (Å²) in [6, 6.07) is 0. The molecule has 0 atom stereocenters. The van der Waals surface area contributed by atoms with E-state index >= 15 is 0 Å². The molecule has 96 valence electrons. The van der Waals surface area contributed by atoms with E-state index in [4.69, 9.17) is 0 Å². The Bertz CT molecular complexity index is 121. The zero-order chi connectivity index (χ0) is 11.8. The zero-order valence-electron chi connectivity index (χ0n) is 10.7. The molecule has 0 aliphatic carbocycles. The van der Waals surface area contributed by atoms with Crippen molar-refractivity contribution in [3.8, 4) is 0 Å². The van der Waals surface area contributed by atoms with Crippen molar-refractivity contribution in [2.24, 2.45) is 0 Å². The van der Waals surface area contributed by atoms with Crippen molar-refractivity contribution < 1.29 is 85.5 Å². The van der Waals surface area contributed by atoms with Crippen LogP contribution in [0.25, 0.3) is 0 Å². The van der Waals surface area contributed by atoms with Crippen LogP contribution in [-0.2, 0) is 0 Å². The fourth-order valence-electron chi connectivity index (χ4n) is 1.34. The molecule has 0 spiro atoms. The molecule has 0 heterocycles. The van der Waals surface area contributed by atoms with Gasteiger partial charge in [0.1, 0.15) is 0 Å². The summed E-state index contributed by atoms with van der Waals surface area (Å²) in [4.78, 5) is 0. The largest absolute Gasteiger partial charge is 1.00 e. The maximum Gasteiger partial charge on any atom is 1.00 e. The Morgan fingerprint density at radius 1 is 0.750 bits per heavy atom. The van der Waals surface area contributed by atoms with Gasteiger partial charge in [0, 0.05) is 0 Å². The second-order valence-corrected chi connectivity index (χ2v) is 3.10. The van der Waals surface area contributed by atoms with Gasteiger partial charge in [0.15, 0.2) is 0 Å². The molecule has 0 aromatic rings. The van der Waals surface area contributed by atoms with Crippen LogP contribution in [0.5, 0.6) is 0 Å². The van der Waals surface area contributed by atoms with Crippen LogP contribution < -0.4 is 63.8 Å². The standard InChI is InChI=1S/C8H20N.BF4.ClH.K/c1-5-9(6-2,7-3)8-4;2-1(3,4)5;;/h5-8H2,1-4H3;;1H;/q+1;-1;;+1/p-1. The van der Waals surface area contributed by atoms with Crippen LogP contribution in [0.3, 0.4) is 0 Å². The molecule has 0 aliphatic rings. The first-order valence-electron chi connectivity index (χ1n) is 4.97. The first-order chi connectivity index (χ1) is 6.24. The minimum atomic E-state index is -6.00. The van der Waals surface area contributed by atoms with Crippen molar-refractivity contribution in [3.63, 3.8) is 0 Å². The average molecular weight is 292 g/mol. The van der Waals surface area contributed by atoms with E-state index in [0.29, 0.717) is 0 Å². The molecule has 16 heavy (non-hydrogen) atoms. The van der Waals surface area contributed by atoms with Gasteiger partial charge >= 0.3 is 58.6 Å². The van der Waals surface area contributed by atoms with Gasteiger partial charge in [-0.25, -0.2) is 0 Å². The summed E-state index contributed by atoms with van der Waals surface area (Å²) >= 11 is 0. The van der Waals surface area contributed by atoms with E-state index in [2.05, 4.69) is 27.7 Å². The Hall–Kier alpha value is 1.67. The summed E-state index contributed by atoms with van der Waals surface area (Å²) in [5.41, 5.74) is 0. The fraction of sp³-hybridized carbons (Fsp3) is 1.00. The quantitative estimate of drug-likeness (QED) is 0.298. The van der Waals surface area contributed by atoms with E-state index in [0.717, 1.165) is 0 Å². The number of rotatable bonds is 4. The predicted molar refractivity (Wildman–Crippen MR) is 52.6 cm³/mol. The first-order valence-corrected chi connectivity index (χ1v) is 4.97. The molecule has 0 saturated carbocycles. The van der Waals surface area contributed by atoms with E-state index in [-0.39, 0.29) is 63.8 Å². The number of hydrogen-bond acceptors (Lipinski definition) is 0. The van der Waals surface area contributed by atoms with Crippen LogP contribution in [0, 0.1) is 0 Å². The van der Waals surface area contributed by atoms with Crippen molar-refractivity contribution in [2.45, 2.75) is 27.7 Å². The van der Waals surface area contributed by atoms with Crippen LogP contribution in [0.2, 0.25) is 0 Å². The van der Waals surface area contributed by atoms with E-state index in [1.165, 1.54) is 30.7 Å². The van der Waals surface area contributed by atoms with Crippen LogP contribution in [0.15, 0.2) is 0 Å². The summed E-state index contributed by atoms with van der Waals surface area (Å²) in [6.07, 6.45) is 0. The van der Waals surface area contributed by atoms with Crippen molar-refractivity contribution >= 4 is 7.25 Å². The van der Waals surface area contributed by atoms with Crippen LogP contribution in [0.4, 0.5) is 17.3 Å². The molecule has 0 aromatic heterocycles. The molecule has 0 fully saturated rings. The monoisotopic (exact) mass is 291 g/mol. The Balaban J connectivity index is -0.0000000904. The predicted octanol–water partition coefficient (Wildman–Crippen LogP) is -2.81. The molecule has 1 nitrogen and oxygen atoms in total. The smallest absolute Gasteiger partial charge is 1.00 e. The topological polar surface area (TPSA) is 0 Å². The second kappa shape index (κ2) is 13.1. The summed E-state index contributed by atoms with van der Waals surface area (Å²) in [5, 5.41) is 0. The molecular weight excluding hydrogens is 271 g/mol. The number of halogens is 5. The van der Waals surface area contributed by atoms with Gasteiger partial charge in [0.25, 0.3) is 0 Å². The Morgan fingerprint density at radius 3 is 0.875 bits per heavy atom. The second-order valence-electron chi connectivity index (χ2n) is 3.10. The normalized spacial score (nSPS) is 10.5. The van der Waals surface area contributed by atoms with Crippen LogP contribution >= 0.6 is 0 Å². The van der Waals surface area contributed by atoms with Gasteiger partial charge in [-0.15, -0.1) is 0 Å². The third-order valence-corrected chi connectivity index (χ3v) is 2.68. The van der Waals surface area contributed by atoms with E-state index in [9.17, 15) is 17.3 Å². The van der Waals surface area contributed by atoms with Gasteiger partial charge in [0.2, 0.25) is 0 Å². The van der Waals surface area contributed by atoms with E-state index in [1.54, 1.807) is 0 Å². The molecule has 0 N–H and O–H groups in total. The number of quaternary nitrogens is 1. The minimum Gasteiger partial charge on any atom is -1.00 e. The van der Waals surface area contributed by atoms with Gasteiger partial charge < -0.3 is 34.2 Å². The number of hydrogen-bond donors (Lipinski definition) is 0. The SMILES string of the molecule is CC[N+](CC)(CC)CC.F[B-](F)(F)F.[Cl-].[K+]. The summed E-state index contributed by atoms with van der Waals surface area (Å²) in [7, 11) is -6.00. The molecule has 0 saturated heterocycles. The van der Waals surface area contributed by atoms with Gasteiger partial charge in [-0.1, -0.05) is 0 Å². The van der Waals surface area contributed by atoms with Gasteiger partial charge in [0.05, 0.1) is 26.2 Å². The molecule has 0 bridgehead atoms. The third-order valence-electron chi connectivity index (χ3n) is 2.68. The average Bonchev–Trinajstić information content (AvgIpc) is 2.07. The molecular formula is C8H20BClF4KN. The van der Waals surface area contributed by atoms with Gasteiger partial charge in [-0.2, -0.15) is 0 Å². The van der Waals surface area contributed by atoms with Gasteiger partial charge in [-0.05, 0) is 27.7 Å². The van der Waals surface area contributed by atoms with Crippen LogP contribution in [-0.4, -0.2) is 37.9 Å². The third kappa shape index (κ3) is 18.0. The maximum atomic E-state index is 9.75. The molecule has 0 amide bonds. The molecule has 0 aromatic carbocycles. The molecule has 0 unspecified atom stereocenters. The van der Waals surface area contributed by atoms with E-state index in [1.807, 2.05) is 0 Å². The minimum absolute atomic E-state index is 0. The summed E-state index contributed by atoms with van der Waals surface area (Å²) in [5.74, 6) is 0. The summed E-state index contributed by atoms with van der Waals surface area (Å²) in [6.45, 7) is 14.2. The fourth-order valence-corrected chi connectivity index (χ4v) is 1.34. The van der Waals surface area contributed by atoms with Gasteiger partial charge in [-0.3, -0.25) is 0 Å². The van der Waals surface area contributed by atoms with Crippen molar-refractivity contribution in [3.05, 3.63) is 0 Å². The Kier molecular flexibility index (Phi) is 21.5. The van der Waals surface area contributed by atoms with E-state index < -0.39 is 7.25 Å². The molecule has 0 rings (SSSR count). The molecule has 0 aliphatic heterocycles. The van der Waals surface area contributed by atoms with Crippen molar-refractivity contribution in [1.82, 2.24) is 0 Å². The van der Waals surface area contributed by atoms with Crippen LogP contribution in [0.1, 0.15) is 27.7 Å². The molecule has 0 radical (unpaired) electrons. The Labute approximate surface area is 145 Å². The first kappa shape index (κ1) is 26.3. The number of nitrogens with zero attached hydrogens (tertiary/aromatic N) is 1. The van der Waals surface area contributed by atoms with Crippen molar-refractivity contribution in [1.29, 1.82) is 0 Å². The maximum absolute atomic E-state index is 9.75. The van der Waals surface area contributed by atoms with Crippen molar-refractivity contribution in [2.75, 3.05) is 26.2 Å². The Morgan fingerprint density at radius 2 is 0.875 bits per heavy atom. The molecule has 8 heteroatoms.